The Balaban J connectivity index is 0.000000122. The van der Waals surface area contributed by atoms with Crippen LogP contribution in [0.15, 0.2) is 171 Å². The van der Waals surface area contributed by atoms with E-state index in [0.717, 1.165) is 211 Å². The molecule has 530 valence electrons. The van der Waals surface area contributed by atoms with Gasteiger partial charge in [0, 0.05) is 187 Å². The van der Waals surface area contributed by atoms with Crippen LogP contribution in [0.5, 0.6) is 17.2 Å². The highest BCUT2D eigenvalue weighted by molar-refractivity contribution is 5.99. The molecular weight excluding hydrogens is 1320 g/mol. The first-order valence-electron chi connectivity index (χ1n) is 36.3. The summed E-state index contributed by atoms with van der Waals surface area (Å²) in [5, 5.41) is 39.9. The van der Waals surface area contributed by atoms with Crippen LogP contribution < -0.4 is 29.3 Å². The number of anilines is 2. The highest BCUT2D eigenvalue weighted by Gasteiger charge is 2.30. The van der Waals surface area contributed by atoms with Gasteiger partial charge >= 0.3 is 0 Å². The minimum Gasteiger partial charge on any atom is -0.489 e. The first-order valence-corrected chi connectivity index (χ1v) is 36.3. The molecule has 13 heterocycles. The normalized spacial score (nSPS) is 17.4. The van der Waals surface area contributed by atoms with Crippen molar-refractivity contribution in [2.75, 3.05) is 115 Å². The molecule has 0 amide bonds. The number of nitrogens with zero attached hydrogens (tertiary/aromatic N) is 11. The Morgan fingerprint density at radius 3 is 1.23 bits per heavy atom. The number of pyridine rings is 3. The molecule has 1 atom stereocenters. The van der Waals surface area contributed by atoms with Crippen molar-refractivity contribution in [1.29, 1.82) is 15.8 Å². The lowest BCUT2D eigenvalue weighted by Gasteiger charge is -2.43. The van der Waals surface area contributed by atoms with Crippen LogP contribution in [0.2, 0.25) is 0 Å². The largest absolute Gasteiger partial charge is 0.489 e. The summed E-state index contributed by atoms with van der Waals surface area (Å²) in [5.41, 5.74) is 18.6. The number of fused-ring (bicyclic) bond motifs is 3. The summed E-state index contributed by atoms with van der Waals surface area (Å²) >= 11 is 0. The van der Waals surface area contributed by atoms with Crippen molar-refractivity contribution in [3.8, 4) is 103 Å². The van der Waals surface area contributed by atoms with Gasteiger partial charge < -0.3 is 63.2 Å². The second-order valence-electron chi connectivity index (χ2n) is 27.3. The Hall–Kier alpha value is -11.4. The van der Waals surface area contributed by atoms with Crippen molar-refractivity contribution >= 4 is 44.1 Å². The van der Waals surface area contributed by atoms with Gasteiger partial charge in [-0.3, -0.25) is 24.5 Å². The summed E-state index contributed by atoms with van der Waals surface area (Å²) in [6.45, 7) is 14.0. The van der Waals surface area contributed by atoms with Crippen LogP contribution in [0.4, 0.5) is 11.4 Å². The van der Waals surface area contributed by atoms with Crippen molar-refractivity contribution in [3.05, 3.63) is 187 Å². The number of aryl methyl sites for hydroxylation is 1. The third kappa shape index (κ3) is 15.2. The van der Waals surface area contributed by atoms with E-state index in [-0.39, 0.29) is 18.3 Å². The predicted molar refractivity (Wildman–Crippen MR) is 404 cm³/mol. The third-order valence-electron chi connectivity index (χ3n) is 20.6. The average Bonchev–Trinajstić information content (AvgIpc) is 1.67. The first-order chi connectivity index (χ1) is 51.7. The molecule has 18 rings (SSSR count). The van der Waals surface area contributed by atoms with Gasteiger partial charge in [0.2, 0.25) is 0 Å². The molecule has 5 aromatic carbocycles. The highest BCUT2D eigenvalue weighted by atomic mass is 16.5. The van der Waals surface area contributed by atoms with E-state index in [9.17, 15) is 15.8 Å². The zero-order valence-corrected chi connectivity index (χ0v) is 58.6. The molecule has 0 aliphatic carbocycles. The molecule has 6 aliphatic heterocycles. The molecule has 7 aromatic heterocycles. The number of hydrogen-bond donors (Lipinski definition) is 4. The first kappa shape index (κ1) is 68.1. The van der Waals surface area contributed by atoms with E-state index in [1.807, 2.05) is 98.4 Å². The molecule has 0 unspecified atom stereocenters. The van der Waals surface area contributed by atoms with Crippen LogP contribution in [0.3, 0.4) is 0 Å². The van der Waals surface area contributed by atoms with E-state index in [1.54, 1.807) is 17.1 Å². The molecule has 6 fully saturated rings. The Morgan fingerprint density at radius 1 is 0.429 bits per heavy atom. The van der Waals surface area contributed by atoms with Crippen molar-refractivity contribution in [2.24, 2.45) is 7.05 Å². The lowest BCUT2D eigenvalue weighted by Crippen LogP contribution is -2.56. The van der Waals surface area contributed by atoms with Crippen LogP contribution >= 0.6 is 0 Å². The topological polar surface area (TPSA) is 262 Å². The van der Waals surface area contributed by atoms with Crippen LogP contribution in [0, 0.1) is 34.0 Å². The maximum absolute atomic E-state index is 9.86. The molecule has 22 nitrogen and oxygen atoms in total. The van der Waals surface area contributed by atoms with Gasteiger partial charge in [0.05, 0.1) is 98.9 Å². The standard InChI is InChI=1S/C32H33N5O3.C28H27N5O2.C23H21N5O2/c33-19-24-17-23(3-6-31(24)40-27-8-15-38-16-9-27)32-28-18-30(35-29(28)7-10-34-32)22-1-4-25(5-2-22)36-11-13-37(14-12-36)26-20-39-21-26;29-17-21-15-20(3-6-27(21)35-23-7-9-30-18-23)28-24-16-26(32-25(24)8-10-31-28)19-1-4-22(5-2-19)33-11-13-34-14-12-33;1-28-14-17(13-26-28)21-11-19-20(27-21)4-7-25-23(19)15-2-3-22(16(10-15)12-24)30-18-5-8-29-9-6-18/h1-7,10,17-18,26-27,35H,8-9,11-16,20-21H2;1-6,8,10,15-16,23,30,32H,7,9,11-14,18H2;2-4,7,10-11,13-14,18,27H,5-6,8-9H2,1H3/t;23-;/m.1./s1. The molecule has 0 spiro atoms. The molecule has 22 heteroatoms. The predicted octanol–water partition coefficient (Wildman–Crippen LogP) is 13.3. The lowest BCUT2D eigenvalue weighted by atomic mass is 10.0. The molecule has 105 heavy (non-hydrogen) atoms. The maximum Gasteiger partial charge on any atom is 0.137 e. The second kappa shape index (κ2) is 31.3. The van der Waals surface area contributed by atoms with Crippen LogP contribution in [0.25, 0.3) is 100 Å². The van der Waals surface area contributed by atoms with E-state index in [0.29, 0.717) is 66.4 Å². The number of nitrogens with one attached hydrogen (secondary N) is 4. The fourth-order valence-corrected chi connectivity index (χ4v) is 14.6. The number of rotatable bonds is 15. The monoisotopic (exact) mass is 1400 g/mol. The van der Waals surface area contributed by atoms with E-state index in [4.69, 9.17) is 38.1 Å². The number of H-pyrrole nitrogens is 3. The molecule has 0 radical (unpaired) electrons. The molecule has 6 saturated heterocycles. The Kier molecular flexibility index (Phi) is 20.3. The van der Waals surface area contributed by atoms with Gasteiger partial charge in [-0.2, -0.15) is 20.9 Å². The van der Waals surface area contributed by atoms with E-state index in [2.05, 4.69) is 135 Å². The minimum atomic E-state index is 0.0823. The molecule has 0 saturated carbocycles. The average molecular weight is 1400 g/mol. The smallest absolute Gasteiger partial charge is 0.137 e. The van der Waals surface area contributed by atoms with Gasteiger partial charge in [-0.15, -0.1) is 0 Å². The number of aromatic amines is 3. The zero-order valence-electron chi connectivity index (χ0n) is 58.6. The number of hydrogen-bond acceptors (Lipinski definition) is 18. The SMILES string of the molecule is Cn1cc(-c2cc3c(-c4ccc(OC5CCOCC5)c(C#N)c4)nccc3[nH]2)cn1.N#Cc1cc(-c2nccc3[nH]c(-c4ccc(N5CCN(C6COC6)CC5)cc4)cc23)ccc1OC1CCOCC1.N#Cc1cc(-c2nccc3[nH]c(-c4ccc(N5CCOCC5)cc4)cc23)ccc1O[C@@H]1CCNC1. The van der Waals surface area contributed by atoms with Gasteiger partial charge in [0.25, 0.3) is 0 Å². The van der Waals surface area contributed by atoms with Gasteiger partial charge in [-0.1, -0.05) is 24.3 Å². The molecular formula is C83H81N15O7. The summed E-state index contributed by atoms with van der Waals surface area (Å²) in [6.07, 6.45) is 13.8. The van der Waals surface area contributed by atoms with E-state index in [1.165, 1.54) is 11.4 Å². The number of benzene rings is 5. The van der Waals surface area contributed by atoms with E-state index < -0.39 is 0 Å². The summed E-state index contributed by atoms with van der Waals surface area (Å²) < 4.78 is 41.7. The van der Waals surface area contributed by atoms with Gasteiger partial charge in [0.15, 0.2) is 0 Å². The molecule has 0 bridgehead atoms. The number of ether oxygens (including phenoxy) is 7. The summed E-state index contributed by atoms with van der Waals surface area (Å²) in [7, 11) is 1.90. The third-order valence-corrected chi connectivity index (χ3v) is 20.6. The number of aromatic nitrogens is 8. The van der Waals surface area contributed by atoms with E-state index >= 15 is 0 Å². The van der Waals surface area contributed by atoms with Gasteiger partial charge in [-0.05, 0) is 139 Å². The quantitative estimate of drug-likeness (QED) is 0.0743. The molecule has 12 aromatic rings. The van der Waals surface area contributed by atoms with Crippen molar-refractivity contribution in [3.63, 3.8) is 0 Å². The van der Waals surface area contributed by atoms with Crippen molar-refractivity contribution < 1.29 is 33.2 Å². The van der Waals surface area contributed by atoms with Crippen LogP contribution in [0.1, 0.15) is 48.8 Å². The lowest BCUT2D eigenvalue weighted by molar-refractivity contribution is -0.0660. The molecule has 6 aliphatic rings. The van der Waals surface area contributed by atoms with Crippen molar-refractivity contribution in [2.45, 2.75) is 56.5 Å². The minimum absolute atomic E-state index is 0.0823. The van der Waals surface area contributed by atoms with Crippen LogP contribution in [-0.2, 0) is 26.0 Å². The number of piperazine rings is 1. The second-order valence-corrected chi connectivity index (χ2v) is 27.3. The summed E-state index contributed by atoms with van der Waals surface area (Å²) in [5.74, 6) is 1.87. The highest BCUT2D eigenvalue weighted by Crippen LogP contribution is 2.39. The Labute approximate surface area is 608 Å². The van der Waals surface area contributed by atoms with Gasteiger partial charge in [0.1, 0.15) is 53.8 Å². The van der Waals surface area contributed by atoms with Crippen LogP contribution in [-0.4, -0.2) is 174 Å². The van der Waals surface area contributed by atoms with Gasteiger partial charge in [-0.25, -0.2) is 0 Å². The summed E-state index contributed by atoms with van der Waals surface area (Å²) in [4.78, 5) is 31.9. The summed E-state index contributed by atoms with van der Waals surface area (Å²) in [6, 6.07) is 54.5. The number of nitriles is 3. The molecule has 4 N–H and O–H groups in total. The Morgan fingerprint density at radius 2 is 0.838 bits per heavy atom. The maximum atomic E-state index is 9.86. The fourth-order valence-electron chi connectivity index (χ4n) is 14.6. The zero-order chi connectivity index (χ0) is 71.0. The Bertz CT molecular complexity index is 5160. The fraction of sp³-hybridized carbons (Fsp3) is 0.313. The van der Waals surface area contributed by atoms with Crippen molar-refractivity contribution in [1.82, 2.24) is 49.9 Å². The number of morpholine rings is 1.